The highest BCUT2D eigenvalue weighted by atomic mass is 32.2. The lowest BCUT2D eigenvalue weighted by molar-refractivity contribution is 0.349. The summed E-state index contributed by atoms with van der Waals surface area (Å²) in [7, 11) is -0.255. The molecule has 0 fully saturated rings. The highest BCUT2D eigenvalue weighted by Gasteiger charge is 2.23. The molecule has 1 rings (SSSR count). The molecule has 0 saturated carbocycles. The topological polar surface area (TPSA) is 67.4 Å². The Bertz CT molecular complexity index is 568. The van der Waals surface area contributed by atoms with Crippen molar-refractivity contribution in [2.45, 2.75) is 38.6 Å². The van der Waals surface area contributed by atoms with E-state index < -0.39 is 10.0 Å². The number of methoxy groups -OCH3 is 1. The lowest BCUT2D eigenvalue weighted by Crippen LogP contribution is -2.33. The third-order valence-corrected chi connectivity index (χ3v) is 5.04. The monoisotopic (exact) mass is 314 g/mol. The van der Waals surface area contributed by atoms with Gasteiger partial charge in [0, 0.05) is 13.1 Å². The molecule has 6 heteroatoms. The highest BCUT2D eigenvalue weighted by molar-refractivity contribution is 7.89. The summed E-state index contributed by atoms with van der Waals surface area (Å²) in [6, 6.07) is 5.13. The summed E-state index contributed by atoms with van der Waals surface area (Å²) in [5, 5.41) is 3.03. The van der Waals surface area contributed by atoms with Crippen molar-refractivity contribution in [3.05, 3.63) is 23.8 Å². The summed E-state index contributed by atoms with van der Waals surface area (Å²) in [4.78, 5) is 0.178. The average Bonchev–Trinajstić information content (AvgIpc) is 2.45. The number of hydrogen-bond acceptors (Lipinski definition) is 4. The van der Waals surface area contributed by atoms with Gasteiger partial charge in [-0.25, -0.2) is 13.1 Å². The van der Waals surface area contributed by atoms with Crippen LogP contribution in [0.25, 0.3) is 0 Å². The van der Waals surface area contributed by atoms with E-state index in [1.807, 2.05) is 27.8 Å². The van der Waals surface area contributed by atoms with E-state index in [1.54, 1.807) is 18.2 Å². The first-order chi connectivity index (χ1) is 9.75. The molecule has 5 nitrogen and oxygen atoms in total. The second-order valence-electron chi connectivity index (χ2n) is 5.86. The maximum absolute atomic E-state index is 12.4. The van der Waals surface area contributed by atoms with Crippen molar-refractivity contribution in [1.29, 1.82) is 0 Å². The van der Waals surface area contributed by atoms with Gasteiger partial charge in [-0.1, -0.05) is 26.8 Å². The molecule has 0 aromatic heterocycles. The summed E-state index contributed by atoms with van der Waals surface area (Å²) in [5.74, 6) is 0.365. The Kier molecular flexibility index (Phi) is 6.19. The minimum absolute atomic E-state index is 0.0770. The second-order valence-corrected chi connectivity index (χ2v) is 7.59. The van der Waals surface area contributed by atoms with Crippen molar-refractivity contribution in [1.82, 2.24) is 10.0 Å². The molecule has 21 heavy (non-hydrogen) atoms. The van der Waals surface area contributed by atoms with Crippen LogP contribution in [-0.2, 0) is 16.6 Å². The van der Waals surface area contributed by atoms with Gasteiger partial charge in [0.05, 0.1) is 7.11 Å². The van der Waals surface area contributed by atoms with Crippen LogP contribution in [0.5, 0.6) is 5.75 Å². The smallest absolute Gasteiger partial charge is 0.244 e. The molecule has 0 heterocycles. The van der Waals surface area contributed by atoms with Crippen molar-refractivity contribution in [2.24, 2.45) is 5.41 Å². The van der Waals surface area contributed by atoms with Crippen molar-refractivity contribution in [3.63, 3.8) is 0 Å². The molecule has 1 aromatic rings. The summed E-state index contributed by atoms with van der Waals surface area (Å²) in [5.41, 5.74) is 0.897. The number of hydrogen-bond donors (Lipinski definition) is 2. The van der Waals surface area contributed by atoms with Gasteiger partial charge in [-0.2, -0.15) is 0 Å². The molecule has 0 atom stereocenters. The average molecular weight is 314 g/mol. The molecule has 0 aliphatic rings. The number of ether oxygens (including phenoxy) is 1. The highest BCUT2D eigenvalue weighted by Crippen LogP contribution is 2.26. The molecule has 0 aliphatic heterocycles. The molecule has 1 aromatic carbocycles. The Morgan fingerprint density at radius 3 is 2.48 bits per heavy atom. The Morgan fingerprint density at radius 2 is 1.95 bits per heavy atom. The van der Waals surface area contributed by atoms with Crippen LogP contribution in [0.15, 0.2) is 23.1 Å². The third-order valence-electron chi connectivity index (χ3n) is 3.60. The largest absolute Gasteiger partial charge is 0.495 e. The van der Waals surface area contributed by atoms with Crippen LogP contribution in [-0.4, -0.2) is 29.1 Å². The fraction of sp³-hybridized carbons (Fsp3) is 0.600. The summed E-state index contributed by atoms with van der Waals surface area (Å²) in [6.07, 6.45) is 0.897. The molecule has 120 valence electrons. The van der Waals surface area contributed by atoms with Crippen LogP contribution in [0.1, 0.15) is 32.8 Å². The zero-order valence-electron chi connectivity index (χ0n) is 13.5. The van der Waals surface area contributed by atoms with Crippen molar-refractivity contribution >= 4 is 10.0 Å². The van der Waals surface area contributed by atoms with Gasteiger partial charge in [0.1, 0.15) is 10.6 Å². The maximum Gasteiger partial charge on any atom is 0.244 e. The van der Waals surface area contributed by atoms with Gasteiger partial charge in [0.2, 0.25) is 10.0 Å². The maximum atomic E-state index is 12.4. The van der Waals surface area contributed by atoms with E-state index in [9.17, 15) is 8.42 Å². The minimum atomic E-state index is -3.57. The quantitative estimate of drug-likeness (QED) is 0.771. The van der Waals surface area contributed by atoms with Gasteiger partial charge in [0.15, 0.2) is 0 Å². The number of benzene rings is 1. The van der Waals surface area contributed by atoms with E-state index in [4.69, 9.17) is 4.74 Å². The first kappa shape index (κ1) is 17.9. The normalized spacial score (nSPS) is 12.4. The lowest BCUT2D eigenvalue weighted by atomic mass is 9.91. The lowest BCUT2D eigenvalue weighted by Gasteiger charge is -2.23. The Hall–Kier alpha value is -1.11. The Balaban J connectivity index is 3.02. The number of nitrogens with one attached hydrogen (secondary N) is 2. The molecule has 0 amide bonds. The summed E-state index contributed by atoms with van der Waals surface area (Å²) >= 11 is 0. The molecule has 0 bridgehead atoms. The van der Waals surface area contributed by atoms with Crippen molar-refractivity contribution < 1.29 is 13.2 Å². The zero-order chi connectivity index (χ0) is 16.1. The van der Waals surface area contributed by atoms with Gasteiger partial charge in [0.25, 0.3) is 0 Å². The van der Waals surface area contributed by atoms with E-state index >= 15 is 0 Å². The van der Waals surface area contributed by atoms with Crippen molar-refractivity contribution in [3.8, 4) is 5.75 Å². The molecule has 0 unspecified atom stereocenters. The minimum Gasteiger partial charge on any atom is -0.495 e. The second kappa shape index (κ2) is 7.24. The molecule has 0 spiro atoms. The number of sulfonamides is 1. The molecule has 2 N–H and O–H groups in total. The SMILES string of the molecule is CCC(C)(C)CNS(=O)(=O)c1ccc(CNC)cc1OC. The summed E-state index contributed by atoms with van der Waals surface area (Å²) < 4.78 is 32.8. The Labute approximate surface area is 128 Å². The van der Waals surface area contributed by atoms with Crippen molar-refractivity contribution in [2.75, 3.05) is 20.7 Å². The third kappa shape index (κ3) is 4.98. The predicted octanol–water partition coefficient (Wildman–Crippen LogP) is 2.13. The summed E-state index contributed by atoms with van der Waals surface area (Å²) in [6.45, 7) is 7.16. The van der Waals surface area contributed by atoms with Gasteiger partial charge in [-0.3, -0.25) is 0 Å². The Morgan fingerprint density at radius 1 is 1.29 bits per heavy atom. The fourth-order valence-electron chi connectivity index (χ4n) is 1.74. The van der Waals surface area contributed by atoms with Crippen LogP contribution in [0.3, 0.4) is 0 Å². The van der Waals surface area contributed by atoms with E-state index in [2.05, 4.69) is 10.0 Å². The van der Waals surface area contributed by atoms with E-state index in [0.29, 0.717) is 18.8 Å². The first-order valence-electron chi connectivity index (χ1n) is 7.07. The first-order valence-corrected chi connectivity index (χ1v) is 8.55. The molecule has 0 radical (unpaired) electrons. The molecule has 0 saturated heterocycles. The van der Waals surface area contributed by atoms with Gasteiger partial charge in [-0.15, -0.1) is 0 Å². The number of rotatable bonds is 8. The van der Waals surface area contributed by atoms with E-state index in [0.717, 1.165) is 12.0 Å². The van der Waals surface area contributed by atoms with E-state index in [-0.39, 0.29) is 10.3 Å². The molecular formula is C15H26N2O3S. The standard InChI is InChI=1S/C15H26N2O3S/c1-6-15(2,3)11-17-21(18,19)14-8-7-12(10-16-4)9-13(14)20-5/h7-9,16-17H,6,10-11H2,1-5H3. The van der Waals surface area contributed by atoms with Crippen LogP contribution >= 0.6 is 0 Å². The van der Waals surface area contributed by atoms with Crippen LogP contribution in [0.4, 0.5) is 0 Å². The van der Waals surface area contributed by atoms with E-state index in [1.165, 1.54) is 7.11 Å². The fourth-order valence-corrected chi connectivity index (χ4v) is 3.13. The van der Waals surface area contributed by atoms with Gasteiger partial charge in [-0.05, 0) is 36.6 Å². The predicted molar refractivity (Wildman–Crippen MR) is 85.0 cm³/mol. The van der Waals surface area contributed by atoms with Gasteiger partial charge >= 0.3 is 0 Å². The van der Waals surface area contributed by atoms with Gasteiger partial charge < -0.3 is 10.1 Å². The molecular weight excluding hydrogens is 288 g/mol. The van der Waals surface area contributed by atoms with Crippen LogP contribution in [0, 0.1) is 5.41 Å². The molecule has 0 aliphatic carbocycles. The zero-order valence-corrected chi connectivity index (χ0v) is 14.3. The van der Waals surface area contributed by atoms with Crippen LogP contribution in [0.2, 0.25) is 0 Å². The van der Waals surface area contributed by atoms with Crippen LogP contribution < -0.4 is 14.8 Å².